The number of carbonyl (C=O) groups excluding carboxylic acids is 3. The minimum atomic E-state index is -1.06. The number of amides is 2. The van der Waals surface area contributed by atoms with Gasteiger partial charge in [-0.15, -0.1) is 0 Å². The summed E-state index contributed by atoms with van der Waals surface area (Å²) in [4.78, 5) is 37.8. The molecule has 0 saturated carbocycles. The summed E-state index contributed by atoms with van der Waals surface area (Å²) >= 11 is 0. The van der Waals surface area contributed by atoms with E-state index in [-0.39, 0.29) is 24.5 Å². The highest BCUT2D eigenvalue weighted by molar-refractivity contribution is 6.38. The van der Waals surface area contributed by atoms with Gasteiger partial charge in [0.1, 0.15) is 6.04 Å². The van der Waals surface area contributed by atoms with Crippen LogP contribution in [0.1, 0.15) is 16.7 Å². The Morgan fingerprint density at radius 3 is 2.09 bits per heavy atom. The van der Waals surface area contributed by atoms with Crippen molar-refractivity contribution in [3.63, 3.8) is 0 Å². The maximum Gasteiger partial charge on any atom is 0.289 e. The lowest BCUT2D eigenvalue weighted by atomic mass is 10.0. The third-order valence-electron chi connectivity index (χ3n) is 4.86. The molecule has 0 aliphatic carbocycles. The van der Waals surface area contributed by atoms with Gasteiger partial charge in [-0.25, -0.2) is 0 Å². The molecule has 0 fully saturated rings. The predicted octanol–water partition coefficient (Wildman–Crippen LogP) is 2.72. The fourth-order valence-electron chi connectivity index (χ4n) is 3.12. The Morgan fingerprint density at radius 1 is 0.818 bits per heavy atom. The summed E-state index contributed by atoms with van der Waals surface area (Å²) in [6.07, 6.45) is 2.77. The molecule has 0 saturated heterocycles. The van der Waals surface area contributed by atoms with Crippen molar-refractivity contribution < 1.29 is 24.6 Å². The van der Waals surface area contributed by atoms with Crippen LogP contribution in [0.15, 0.2) is 84.9 Å². The van der Waals surface area contributed by atoms with E-state index >= 15 is 0 Å². The zero-order valence-electron chi connectivity index (χ0n) is 17.8. The molecule has 1 atom stereocenters. The molecule has 168 valence electrons. The van der Waals surface area contributed by atoms with E-state index in [1.165, 1.54) is 30.4 Å². The Kier molecular flexibility index (Phi) is 7.96. The van der Waals surface area contributed by atoms with Crippen LogP contribution in [0.3, 0.4) is 0 Å². The number of Topliss-reactive ketones (excluding diaryl/α,β-unsaturated/α-hetero) is 1. The minimum absolute atomic E-state index is 0.151. The highest BCUT2D eigenvalue weighted by atomic mass is 16.3. The molecule has 3 aromatic carbocycles. The van der Waals surface area contributed by atoms with E-state index < -0.39 is 23.6 Å². The molecule has 0 spiro atoms. The van der Waals surface area contributed by atoms with Gasteiger partial charge in [-0.3, -0.25) is 14.4 Å². The molecule has 0 radical (unpaired) electrons. The van der Waals surface area contributed by atoms with E-state index in [0.717, 1.165) is 11.1 Å². The van der Waals surface area contributed by atoms with E-state index in [0.29, 0.717) is 5.56 Å². The Bertz CT molecular complexity index is 1140. The molecule has 4 N–H and O–H groups in total. The molecule has 3 aromatic rings. The SMILES string of the molecule is O=C(/C=C/c1ccc(O)c(O)c1)N[C@@H](Cc1ccccc1)C(=O)C(=O)NCc1ccccc1. The van der Waals surface area contributed by atoms with Crippen LogP contribution in [0.2, 0.25) is 0 Å². The van der Waals surface area contributed by atoms with E-state index in [1.807, 2.05) is 60.7 Å². The van der Waals surface area contributed by atoms with Crippen LogP contribution >= 0.6 is 0 Å². The third-order valence-corrected chi connectivity index (χ3v) is 4.86. The highest BCUT2D eigenvalue weighted by Crippen LogP contribution is 2.25. The van der Waals surface area contributed by atoms with Crippen molar-refractivity contribution in [1.29, 1.82) is 0 Å². The average Bonchev–Trinajstić information content (AvgIpc) is 2.83. The van der Waals surface area contributed by atoms with Crippen molar-refractivity contribution in [2.24, 2.45) is 0 Å². The number of ketones is 1. The fourth-order valence-corrected chi connectivity index (χ4v) is 3.12. The maximum absolute atomic E-state index is 12.8. The van der Waals surface area contributed by atoms with Crippen molar-refractivity contribution in [2.45, 2.75) is 19.0 Å². The minimum Gasteiger partial charge on any atom is -0.504 e. The first-order chi connectivity index (χ1) is 15.9. The fraction of sp³-hybridized carbons (Fsp3) is 0.115. The summed E-state index contributed by atoms with van der Waals surface area (Å²) in [7, 11) is 0. The van der Waals surface area contributed by atoms with Gasteiger partial charge in [0, 0.05) is 19.0 Å². The summed E-state index contributed by atoms with van der Waals surface area (Å²) in [5.74, 6) is -2.70. The number of nitrogens with one attached hydrogen (secondary N) is 2. The molecule has 7 nitrogen and oxygen atoms in total. The molecule has 0 heterocycles. The molecule has 0 aromatic heterocycles. The van der Waals surface area contributed by atoms with Crippen LogP contribution < -0.4 is 10.6 Å². The molecule has 7 heteroatoms. The summed E-state index contributed by atoms with van der Waals surface area (Å²) < 4.78 is 0. The van der Waals surface area contributed by atoms with Gasteiger partial charge < -0.3 is 20.8 Å². The van der Waals surface area contributed by atoms with Crippen LogP contribution in [0.25, 0.3) is 6.08 Å². The standard InChI is InChI=1S/C26H24N2O5/c29-22-13-11-19(16-23(22)30)12-14-24(31)28-21(15-18-7-3-1-4-8-18)25(32)26(33)27-17-20-9-5-2-6-10-20/h1-14,16,21,29-30H,15,17H2,(H,27,33)(H,28,31)/b14-12+/t21-/m0/s1. The molecule has 0 aliphatic heterocycles. The zero-order valence-corrected chi connectivity index (χ0v) is 17.8. The van der Waals surface area contributed by atoms with E-state index in [1.54, 1.807) is 0 Å². The normalized spacial score (nSPS) is 11.6. The van der Waals surface area contributed by atoms with Gasteiger partial charge in [0.15, 0.2) is 11.5 Å². The third kappa shape index (κ3) is 7.07. The Balaban J connectivity index is 1.69. The van der Waals surface area contributed by atoms with Gasteiger partial charge in [0.05, 0.1) is 0 Å². The molecule has 2 amide bonds. The van der Waals surface area contributed by atoms with E-state index in [4.69, 9.17) is 0 Å². The van der Waals surface area contributed by atoms with Crippen LogP contribution in [-0.4, -0.2) is 33.9 Å². The van der Waals surface area contributed by atoms with Crippen molar-refractivity contribution in [1.82, 2.24) is 10.6 Å². The van der Waals surface area contributed by atoms with Crippen molar-refractivity contribution in [3.05, 3.63) is 102 Å². The van der Waals surface area contributed by atoms with Gasteiger partial charge in [-0.05, 0) is 34.9 Å². The quantitative estimate of drug-likeness (QED) is 0.230. The topological polar surface area (TPSA) is 116 Å². The first kappa shape index (κ1) is 23.3. The number of phenols is 2. The molecular formula is C26H24N2O5. The van der Waals surface area contributed by atoms with Crippen molar-refractivity contribution in [2.75, 3.05) is 0 Å². The average molecular weight is 444 g/mol. The summed E-state index contributed by atoms with van der Waals surface area (Å²) in [5, 5.41) is 24.1. The predicted molar refractivity (Wildman–Crippen MR) is 124 cm³/mol. The second-order valence-corrected chi connectivity index (χ2v) is 7.36. The van der Waals surface area contributed by atoms with Crippen LogP contribution in [0.5, 0.6) is 11.5 Å². The molecule has 33 heavy (non-hydrogen) atoms. The maximum atomic E-state index is 12.8. The summed E-state index contributed by atoms with van der Waals surface area (Å²) in [6.45, 7) is 0.196. The van der Waals surface area contributed by atoms with Gasteiger partial charge in [0.25, 0.3) is 5.91 Å². The molecule has 0 unspecified atom stereocenters. The number of hydrogen-bond donors (Lipinski definition) is 4. The number of carbonyl (C=O) groups is 3. The van der Waals surface area contributed by atoms with Crippen LogP contribution in [-0.2, 0) is 27.3 Å². The lowest BCUT2D eigenvalue weighted by Crippen LogP contribution is -2.48. The zero-order chi connectivity index (χ0) is 23.6. The lowest BCUT2D eigenvalue weighted by Gasteiger charge is -2.17. The van der Waals surface area contributed by atoms with Gasteiger partial charge in [-0.1, -0.05) is 66.7 Å². The largest absolute Gasteiger partial charge is 0.504 e. The van der Waals surface area contributed by atoms with E-state index in [9.17, 15) is 24.6 Å². The monoisotopic (exact) mass is 444 g/mol. The second kappa shape index (κ2) is 11.3. The van der Waals surface area contributed by atoms with Gasteiger partial charge in [0.2, 0.25) is 11.7 Å². The number of hydrogen-bond acceptors (Lipinski definition) is 5. The molecule has 3 rings (SSSR count). The first-order valence-electron chi connectivity index (χ1n) is 10.3. The van der Waals surface area contributed by atoms with Crippen LogP contribution in [0.4, 0.5) is 0 Å². The van der Waals surface area contributed by atoms with Crippen molar-refractivity contribution in [3.8, 4) is 11.5 Å². The molecule has 0 bridgehead atoms. The number of benzene rings is 3. The lowest BCUT2D eigenvalue weighted by molar-refractivity contribution is -0.139. The van der Waals surface area contributed by atoms with E-state index in [2.05, 4.69) is 10.6 Å². The highest BCUT2D eigenvalue weighted by Gasteiger charge is 2.26. The van der Waals surface area contributed by atoms with Gasteiger partial charge >= 0.3 is 0 Å². The number of phenolic OH excluding ortho intramolecular Hbond substituents is 2. The number of rotatable bonds is 9. The smallest absolute Gasteiger partial charge is 0.289 e. The first-order valence-corrected chi connectivity index (χ1v) is 10.3. The molecular weight excluding hydrogens is 420 g/mol. The second-order valence-electron chi connectivity index (χ2n) is 7.36. The molecule has 0 aliphatic rings. The summed E-state index contributed by atoms with van der Waals surface area (Å²) in [6, 6.07) is 21.3. The Morgan fingerprint density at radius 2 is 1.45 bits per heavy atom. The van der Waals surface area contributed by atoms with Crippen LogP contribution in [0, 0.1) is 0 Å². The number of aromatic hydroxyl groups is 2. The Hall–Kier alpha value is -4.39. The Labute approximate surface area is 191 Å². The van der Waals surface area contributed by atoms with Gasteiger partial charge in [-0.2, -0.15) is 0 Å². The van der Waals surface area contributed by atoms with Crippen molar-refractivity contribution >= 4 is 23.7 Å². The summed E-state index contributed by atoms with van der Waals surface area (Å²) in [5.41, 5.74) is 2.12.